The van der Waals surface area contributed by atoms with Gasteiger partial charge in [0.15, 0.2) is 5.96 Å². The number of nitrogens with zero attached hydrogens (tertiary/aromatic N) is 3. The fourth-order valence-electron chi connectivity index (χ4n) is 8.68. The number of imidazole rings is 1. The molecule has 2 heterocycles. The molecule has 2 aromatic carbocycles. The number of benzene rings is 2. The Bertz CT molecular complexity index is 2560. The molecule has 1 saturated heterocycles. The number of aliphatic imine (C=N–C) groups is 1. The van der Waals surface area contributed by atoms with E-state index in [2.05, 4.69) is 52.2 Å². The number of hydrogen-bond acceptors (Lipinski definition) is 13. The number of carboxylic acids is 1. The van der Waals surface area contributed by atoms with Crippen LogP contribution in [0.15, 0.2) is 72.1 Å². The van der Waals surface area contributed by atoms with Crippen molar-refractivity contribution in [2.45, 2.75) is 141 Å². The zero-order valence-corrected chi connectivity index (χ0v) is 44.5. The monoisotopic (exact) mass is 1090 g/mol. The van der Waals surface area contributed by atoms with Gasteiger partial charge in [-0.1, -0.05) is 76.6 Å². The molecule has 1 aromatic heterocycles. The number of H-pyrrole nitrogens is 1. The summed E-state index contributed by atoms with van der Waals surface area (Å²) < 4.78 is 0. The van der Waals surface area contributed by atoms with Gasteiger partial charge in [0, 0.05) is 51.2 Å². The van der Waals surface area contributed by atoms with Crippen molar-refractivity contribution in [1.29, 1.82) is 0 Å². The number of hydrogen-bond donors (Lipinski definition) is 13. The standard InChI is InChI=1S/C52H74N14O12/c1-6-29(4)43(50(77)63-39(24-33-26-56-27-58-33)51(78)66-21-11-15-40(66)48(75)61-36(44(53)71)22-31-12-8-7-9-13-31)65-47(74)37(23-32-16-18-34(68)19-17-32)62-49(76)42(28(2)3)64-45(72)35(14-10-20-57-52(54)55)60-46(73)38(25-41(69)70)59-30(5)67/h7-9,12-13,16-19,26-29,35-40,42-43,68H,6,10-11,14-15,20-25H2,1-5H3,(H2,53,71)(H,56,58)(H,59,67)(H,60,73)(H,61,75)(H,62,76)(H,63,77)(H,64,72)(H,65,74)(H,69,70)(H4,54,55,57)/t29-,35-,36-,37-,38-,39-,40-,42-,43-/m0/s1. The number of aromatic hydroxyl groups is 1. The van der Waals surface area contributed by atoms with Crippen LogP contribution in [0.1, 0.15) is 90.0 Å². The maximum absolute atomic E-state index is 14.6. The summed E-state index contributed by atoms with van der Waals surface area (Å²) in [6.07, 6.45) is 2.93. The third kappa shape index (κ3) is 19.5. The molecule has 0 aliphatic carbocycles. The average Bonchev–Trinajstić information content (AvgIpc) is 4.11. The Balaban J connectivity index is 1.60. The molecule has 1 aliphatic heterocycles. The van der Waals surface area contributed by atoms with Crippen LogP contribution in [-0.4, -0.2) is 152 Å². The average molecular weight is 1090 g/mol. The number of phenols is 1. The number of guanidine groups is 1. The first-order valence-corrected chi connectivity index (χ1v) is 25.7. The van der Waals surface area contributed by atoms with E-state index in [0.717, 1.165) is 12.5 Å². The highest BCUT2D eigenvalue weighted by Gasteiger charge is 2.41. The first-order chi connectivity index (χ1) is 37.0. The van der Waals surface area contributed by atoms with Crippen molar-refractivity contribution < 1.29 is 58.2 Å². The molecule has 0 bridgehead atoms. The zero-order chi connectivity index (χ0) is 57.6. The molecule has 4 rings (SSSR count). The molecule has 9 amide bonds. The van der Waals surface area contributed by atoms with Crippen LogP contribution >= 0.6 is 0 Å². The number of nitrogens with two attached hydrogens (primary N) is 3. The van der Waals surface area contributed by atoms with Gasteiger partial charge in [-0.3, -0.25) is 52.9 Å². The van der Waals surface area contributed by atoms with Gasteiger partial charge < -0.3 is 74.5 Å². The first-order valence-electron chi connectivity index (χ1n) is 25.7. The second-order valence-corrected chi connectivity index (χ2v) is 19.6. The minimum absolute atomic E-state index is 0.0266. The predicted molar refractivity (Wildman–Crippen MR) is 284 cm³/mol. The lowest BCUT2D eigenvalue weighted by Crippen LogP contribution is -2.62. The lowest BCUT2D eigenvalue weighted by Gasteiger charge is -2.32. The van der Waals surface area contributed by atoms with Crippen molar-refractivity contribution in [2.75, 3.05) is 13.1 Å². The molecular formula is C52H74N14O12. The Hall–Kier alpha value is -8.58. The number of aromatic amines is 1. The zero-order valence-electron chi connectivity index (χ0n) is 44.5. The third-order valence-electron chi connectivity index (χ3n) is 13.1. The van der Waals surface area contributed by atoms with E-state index < -0.39 is 126 Å². The number of aromatic nitrogens is 2. The van der Waals surface area contributed by atoms with Gasteiger partial charge in [0.2, 0.25) is 53.2 Å². The van der Waals surface area contributed by atoms with Gasteiger partial charge in [-0.2, -0.15) is 0 Å². The maximum Gasteiger partial charge on any atom is 0.305 e. The quantitative estimate of drug-likeness (QED) is 0.0200. The van der Waals surface area contributed by atoms with Gasteiger partial charge in [0.05, 0.1) is 12.7 Å². The van der Waals surface area contributed by atoms with E-state index in [1.807, 2.05) is 6.07 Å². The van der Waals surface area contributed by atoms with Crippen LogP contribution in [0.2, 0.25) is 0 Å². The van der Waals surface area contributed by atoms with Gasteiger partial charge in [-0.15, -0.1) is 0 Å². The number of carboxylic acid groups (broad SMARTS) is 1. The van der Waals surface area contributed by atoms with Gasteiger partial charge in [0.1, 0.15) is 54.1 Å². The number of rotatable bonds is 30. The minimum atomic E-state index is -1.56. The van der Waals surface area contributed by atoms with Crippen LogP contribution in [0.3, 0.4) is 0 Å². The molecule has 3 aromatic rings. The van der Waals surface area contributed by atoms with Crippen molar-refractivity contribution in [2.24, 2.45) is 34.0 Å². The topological polar surface area (TPSA) is 418 Å². The molecule has 424 valence electrons. The first kappa shape index (κ1) is 62.0. The SMILES string of the molecule is CC[C@H](C)[C@H](NC(=O)[C@H](Cc1ccc(O)cc1)NC(=O)[C@@H](NC(=O)[C@H](CCCN=C(N)N)NC(=O)[C@H](CC(=O)O)NC(C)=O)C(C)C)C(=O)N[C@@H](Cc1cnc[nH]1)C(=O)N1CCC[C@H]1C(=O)N[C@@H](Cc1ccccc1)C(N)=O. The summed E-state index contributed by atoms with van der Waals surface area (Å²) in [5.41, 5.74) is 18.3. The molecule has 0 saturated carbocycles. The Morgan fingerprint density at radius 3 is 1.90 bits per heavy atom. The maximum atomic E-state index is 14.6. The molecule has 26 nitrogen and oxygen atoms in total. The van der Waals surface area contributed by atoms with Crippen molar-refractivity contribution in [3.8, 4) is 5.75 Å². The molecule has 9 atom stereocenters. The summed E-state index contributed by atoms with van der Waals surface area (Å²) in [5, 5.41) is 37.8. The van der Waals surface area contributed by atoms with Crippen LogP contribution in [0.5, 0.6) is 5.75 Å². The normalized spacial score (nSPS) is 16.1. The van der Waals surface area contributed by atoms with E-state index in [-0.39, 0.29) is 63.3 Å². The van der Waals surface area contributed by atoms with E-state index in [0.29, 0.717) is 24.1 Å². The summed E-state index contributed by atoms with van der Waals surface area (Å²) in [4.78, 5) is 148. The van der Waals surface area contributed by atoms with E-state index >= 15 is 0 Å². The fourth-order valence-corrected chi connectivity index (χ4v) is 8.68. The third-order valence-corrected chi connectivity index (χ3v) is 13.1. The number of primary amides is 1. The summed E-state index contributed by atoms with van der Waals surface area (Å²) in [6.45, 7) is 7.95. The lowest BCUT2D eigenvalue weighted by molar-refractivity contribution is -0.142. The molecule has 0 unspecified atom stereocenters. The fraction of sp³-hybridized carbons (Fsp3) is 0.500. The Morgan fingerprint density at radius 2 is 1.31 bits per heavy atom. The number of carbonyl (C=O) groups excluding carboxylic acids is 9. The Kier molecular flexibility index (Phi) is 24.0. The molecule has 16 N–H and O–H groups in total. The van der Waals surface area contributed by atoms with Crippen molar-refractivity contribution >= 4 is 65.1 Å². The Morgan fingerprint density at radius 1 is 0.718 bits per heavy atom. The highest BCUT2D eigenvalue weighted by molar-refractivity contribution is 5.99. The van der Waals surface area contributed by atoms with Gasteiger partial charge in [-0.25, -0.2) is 4.98 Å². The van der Waals surface area contributed by atoms with Crippen LogP contribution in [-0.2, 0) is 67.2 Å². The van der Waals surface area contributed by atoms with Gasteiger partial charge in [-0.05, 0) is 60.8 Å². The van der Waals surface area contributed by atoms with E-state index in [4.69, 9.17) is 17.2 Å². The van der Waals surface area contributed by atoms with Crippen LogP contribution in [0, 0.1) is 11.8 Å². The van der Waals surface area contributed by atoms with Crippen molar-refractivity contribution in [3.05, 3.63) is 83.9 Å². The predicted octanol–water partition coefficient (Wildman–Crippen LogP) is -1.74. The molecule has 0 spiro atoms. The number of amides is 9. The van der Waals surface area contributed by atoms with E-state index in [9.17, 15) is 58.2 Å². The number of phenolic OH excluding ortho intramolecular Hbond substituents is 1. The summed E-state index contributed by atoms with van der Waals surface area (Å²) in [6, 6.07) is 4.23. The Labute approximate surface area is 451 Å². The number of aliphatic carboxylic acids is 1. The molecule has 78 heavy (non-hydrogen) atoms. The lowest BCUT2D eigenvalue weighted by atomic mass is 9.96. The second-order valence-electron chi connectivity index (χ2n) is 19.6. The van der Waals surface area contributed by atoms with Gasteiger partial charge in [0.25, 0.3) is 0 Å². The number of likely N-dealkylation sites (tertiary alicyclic amines) is 1. The summed E-state index contributed by atoms with van der Waals surface area (Å²) in [7, 11) is 0. The molecule has 1 fully saturated rings. The van der Waals surface area contributed by atoms with Crippen molar-refractivity contribution in [3.63, 3.8) is 0 Å². The van der Waals surface area contributed by atoms with Crippen LogP contribution < -0.4 is 54.4 Å². The smallest absolute Gasteiger partial charge is 0.305 e. The minimum Gasteiger partial charge on any atom is -0.508 e. The van der Waals surface area contributed by atoms with E-state index in [1.165, 1.54) is 41.7 Å². The van der Waals surface area contributed by atoms with Gasteiger partial charge >= 0.3 is 5.97 Å². The van der Waals surface area contributed by atoms with Crippen LogP contribution in [0.25, 0.3) is 0 Å². The summed E-state index contributed by atoms with van der Waals surface area (Å²) >= 11 is 0. The number of nitrogens with one attached hydrogen (secondary N) is 8. The van der Waals surface area contributed by atoms with E-state index in [1.54, 1.807) is 52.0 Å². The molecule has 1 aliphatic rings. The highest BCUT2D eigenvalue weighted by Crippen LogP contribution is 2.21. The highest BCUT2D eigenvalue weighted by atomic mass is 16.4. The van der Waals surface area contributed by atoms with Crippen molar-refractivity contribution in [1.82, 2.24) is 52.1 Å². The largest absolute Gasteiger partial charge is 0.508 e. The molecule has 26 heteroatoms. The molecular weight excluding hydrogens is 1010 g/mol. The molecule has 0 radical (unpaired) electrons. The second kappa shape index (κ2) is 30.2. The number of carbonyl (C=O) groups is 10. The van der Waals surface area contributed by atoms with Crippen LogP contribution in [0.4, 0.5) is 0 Å². The summed E-state index contributed by atoms with van der Waals surface area (Å²) in [5.74, 6) is -10.0.